The Kier molecular flexibility index (Phi) is 4.17. The van der Waals surface area contributed by atoms with E-state index in [1.54, 1.807) is 6.92 Å². The number of aromatic nitrogens is 2. The topological polar surface area (TPSA) is 94.0 Å². The fourth-order valence-corrected chi connectivity index (χ4v) is 0.988. The zero-order valence-corrected chi connectivity index (χ0v) is 9.08. The van der Waals surface area contributed by atoms with E-state index < -0.39 is 5.92 Å². The molecule has 1 aromatic heterocycles. The van der Waals surface area contributed by atoms with E-state index in [-0.39, 0.29) is 10.9 Å². The van der Waals surface area contributed by atoms with Crippen molar-refractivity contribution in [2.75, 3.05) is 6.54 Å². The van der Waals surface area contributed by atoms with Gasteiger partial charge in [-0.1, -0.05) is 17.4 Å². The molecule has 0 saturated heterocycles. The molecule has 6 nitrogen and oxygen atoms in total. The van der Waals surface area contributed by atoms with E-state index in [9.17, 15) is 4.79 Å². The van der Waals surface area contributed by atoms with Gasteiger partial charge in [-0.15, -0.1) is 0 Å². The minimum atomic E-state index is -0.456. The van der Waals surface area contributed by atoms with Gasteiger partial charge in [0.05, 0.1) is 10.9 Å². The van der Waals surface area contributed by atoms with Gasteiger partial charge >= 0.3 is 0 Å². The average Bonchev–Trinajstić information content (AvgIpc) is 2.69. The van der Waals surface area contributed by atoms with E-state index >= 15 is 0 Å². The normalized spacial score (nSPS) is 12.1. The lowest BCUT2D eigenvalue weighted by atomic mass is 10.1. The van der Waals surface area contributed by atoms with Crippen LogP contribution in [0, 0.1) is 5.92 Å². The first-order valence-corrected chi connectivity index (χ1v) is 4.84. The fraction of sp³-hybridized carbons (Fsp3) is 0.500. The molecular formula is C8H12N4O2S. The van der Waals surface area contributed by atoms with E-state index in [2.05, 4.69) is 15.5 Å². The quantitative estimate of drug-likeness (QED) is 0.669. The van der Waals surface area contributed by atoms with Crippen LogP contribution < -0.4 is 11.1 Å². The molecule has 0 spiro atoms. The second-order valence-corrected chi connectivity index (χ2v) is 3.47. The Morgan fingerprint density at radius 3 is 3.07 bits per heavy atom. The van der Waals surface area contributed by atoms with Gasteiger partial charge in [0.1, 0.15) is 0 Å². The molecule has 0 fully saturated rings. The van der Waals surface area contributed by atoms with Gasteiger partial charge in [0.25, 0.3) is 0 Å². The van der Waals surface area contributed by atoms with Crippen molar-refractivity contribution in [3.63, 3.8) is 0 Å². The van der Waals surface area contributed by atoms with E-state index in [0.717, 1.165) is 0 Å². The van der Waals surface area contributed by atoms with E-state index in [1.807, 2.05) is 0 Å². The third-order valence-corrected chi connectivity index (χ3v) is 2.22. The van der Waals surface area contributed by atoms with Gasteiger partial charge < -0.3 is 15.6 Å². The number of hydrogen-bond acceptors (Lipinski definition) is 5. The minimum absolute atomic E-state index is 0.185. The van der Waals surface area contributed by atoms with Gasteiger partial charge in [-0.2, -0.15) is 4.98 Å². The smallest absolute Gasteiger partial charge is 0.229 e. The molecular weight excluding hydrogens is 216 g/mol. The van der Waals surface area contributed by atoms with E-state index in [0.29, 0.717) is 18.9 Å². The van der Waals surface area contributed by atoms with Gasteiger partial charge in [0.15, 0.2) is 6.33 Å². The Balaban J connectivity index is 2.26. The number of carbonyl (C=O) groups is 1. The van der Waals surface area contributed by atoms with Gasteiger partial charge in [-0.05, 0) is 6.92 Å². The maximum Gasteiger partial charge on any atom is 0.229 e. The van der Waals surface area contributed by atoms with Crippen molar-refractivity contribution in [2.24, 2.45) is 11.7 Å². The molecule has 15 heavy (non-hydrogen) atoms. The highest BCUT2D eigenvalue weighted by molar-refractivity contribution is 7.80. The van der Waals surface area contributed by atoms with Crippen LogP contribution >= 0.6 is 12.2 Å². The zero-order chi connectivity index (χ0) is 11.3. The van der Waals surface area contributed by atoms with Crippen LogP contribution in [-0.2, 0) is 11.2 Å². The molecule has 0 aromatic carbocycles. The summed E-state index contributed by atoms with van der Waals surface area (Å²) in [5.74, 6) is -0.164. The molecule has 1 aromatic rings. The van der Waals surface area contributed by atoms with Crippen LogP contribution in [0.5, 0.6) is 0 Å². The summed E-state index contributed by atoms with van der Waals surface area (Å²) < 4.78 is 4.76. The minimum Gasteiger partial charge on any atom is -0.393 e. The number of carbonyl (C=O) groups excluding carboxylic acids is 1. The fourth-order valence-electron chi connectivity index (χ4n) is 0.881. The number of rotatable bonds is 5. The van der Waals surface area contributed by atoms with Gasteiger partial charge in [-0.25, -0.2) is 0 Å². The number of thiocarbonyl (C=S) groups is 1. The number of nitrogens with two attached hydrogens (primary N) is 1. The average molecular weight is 228 g/mol. The Labute approximate surface area is 92.2 Å². The van der Waals surface area contributed by atoms with Crippen LogP contribution in [-0.4, -0.2) is 27.6 Å². The summed E-state index contributed by atoms with van der Waals surface area (Å²) >= 11 is 4.70. The monoisotopic (exact) mass is 228 g/mol. The second kappa shape index (κ2) is 5.40. The molecule has 1 amide bonds. The summed E-state index contributed by atoms with van der Waals surface area (Å²) in [4.78, 5) is 15.4. The number of hydrogen-bond donors (Lipinski definition) is 2. The molecule has 1 unspecified atom stereocenters. The Bertz CT molecular complexity index is 338. The Hall–Kier alpha value is -1.50. The third-order valence-electron chi connectivity index (χ3n) is 1.87. The molecule has 0 bridgehead atoms. The highest BCUT2D eigenvalue weighted by atomic mass is 32.1. The van der Waals surface area contributed by atoms with Crippen molar-refractivity contribution in [3.05, 3.63) is 12.2 Å². The summed E-state index contributed by atoms with van der Waals surface area (Å²) in [6.07, 6.45) is 1.81. The lowest BCUT2D eigenvalue weighted by Crippen LogP contribution is -2.37. The van der Waals surface area contributed by atoms with Crippen molar-refractivity contribution >= 4 is 23.1 Å². The van der Waals surface area contributed by atoms with Crippen LogP contribution in [0.15, 0.2) is 10.9 Å². The summed E-state index contributed by atoms with van der Waals surface area (Å²) in [6.45, 7) is 2.08. The molecule has 1 atom stereocenters. The second-order valence-electron chi connectivity index (χ2n) is 3.00. The molecule has 0 radical (unpaired) electrons. The molecule has 7 heteroatoms. The van der Waals surface area contributed by atoms with Crippen LogP contribution in [0.1, 0.15) is 12.8 Å². The van der Waals surface area contributed by atoms with E-state index in [4.69, 9.17) is 22.5 Å². The van der Waals surface area contributed by atoms with Crippen LogP contribution in [0.3, 0.4) is 0 Å². The Morgan fingerprint density at radius 2 is 2.53 bits per heavy atom. The number of amides is 1. The predicted molar refractivity (Wildman–Crippen MR) is 57.0 cm³/mol. The van der Waals surface area contributed by atoms with Gasteiger partial charge in [0, 0.05) is 13.0 Å². The van der Waals surface area contributed by atoms with Crippen molar-refractivity contribution < 1.29 is 9.32 Å². The molecule has 0 aliphatic rings. The molecule has 1 heterocycles. The SMILES string of the molecule is CC(C(=O)NCCc1ncno1)C(N)=S. The zero-order valence-electron chi connectivity index (χ0n) is 8.27. The van der Waals surface area contributed by atoms with Crippen LogP contribution in [0.2, 0.25) is 0 Å². The Morgan fingerprint density at radius 1 is 1.80 bits per heavy atom. The summed E-state index contributed by atoms with van der Waals surface area (Å²) in [5.41, 5.74) is 5.33. The molecule has 3 N–H and O–H groups in total. The maximum absolute atomic E-state index is 11.4. The van der Waals surface area contributed by atoms with Crippen LogP contribution in [0.4, 0.5) is 0 Å². The largest absolute Gasteiger partial charge is 0.393 e. The third kappa shape index (κ3) is 3.62. The molecule has 1 rings (SSSR count). The first-order valence-electron chi connectivity index (χ1n) is 4.44. The summed E-state index contributed by atoms with van der Waals surface area (Å²) in [5, 5.41) is 6.11. The lowest BCUT2D eigenvalue weighted by Gasteiger charge is -2.09. The number of nitrogens with one attached hydrogen (secondary N) is 1. The summed E-state index contributed by atoms with van der Waals surface area (Å²) in [6, 6.07) is 0. The van der Waals surface area contributed by atoms with Crippen molar-refractivity contribution in [1.82, 2.24) is 15.5 Å². The standard InChI is InChI=1S/C8H12N4O2S/c1-5(7(9)15)8(13)10-3-2-6-11-4-12-14-6/h4-5H,2-3H2,1H3,(H2,9,15)(H,10,13). The molecule has 0 saturated carbocycles. The van der Waals surface area contributed by atoms with Gasteiger partial charge in [-0.3, -0.25) is 4.79 Å². The highest BCUT2D eigenvalue weighted by Crippen LogP contribution is 1.95. The lowest BCUT2D eigenvalue weighted by molar-refractivity contribution is -0.122. The molecule has 82 valence electrons. The number of nitrogens with zero attached hydrogens (tertiary/aromatic N) is 2. The predicted octanol–water partition coefficient (Wildman–Crippen LogP) is -0.350. The summed E-state index contributed by atoms with van der Waals surface area (Å²) in [7, 11) is 0. The van der Waals surface area contributed by atoms with E-state index in [1.165, 1.54) is 6.33 Å². The molecule has 0 aliphatic heterocycles. The highest BCUT2D eigenvalue weighted by Gasteiger charge is 2.14. The van der Waals surface area contributed by atoms with Crippen molar-refractivity contribution in [1.29, 1.82) is 0 Å². The van der Waals surface area contributed by atoms with Crippen molar-refractivity contribution in [3.8, 4) is 0 Å². The maximum atomic E-state index is 11.4. The van der Waals surface area contributed by atoms with Gasteiger partial charge in [0.2, 0.25) is 11.8 Å². The first-order chi connectivity index (χ1) is 7.11. The first kappa shape index (κ1) is 11.6. The van der Waals surface area contributed by atoms with Crippen LogP contribution in [0.25, 0.3) is 0 Å². The molecule has 0 aliphatic carbocycles. The van der Waals surface area contributed by atoms with Crippen molar-refractivity contribution in [2.45, 2.75) is 13.3 Å².